The quantitative estimate of drug-likeness (QED) is 0.360. The fourth-order valence-electron chi connectivity index (χ4n) is 7.17. The van der Waals surface area contributed by atoms with Gasteiger partial charge in [0.1, 0.15) is 12.4 Å². The van der Waals surface area contributed by atoms with Crippen LogP contribution in [0.15, 0.2) is 42.5 Å². The van der Waals surface area contributed by atoms with Gasteiger partial charge in [0.2, 0.25) is 0 Å². The van der Waals surface area contributed by atoms with Crippen LogP contribution in [0, 0.1) is 5.92 Å². The Labute approximate surface area is 237 Å². The number of aliphatic hydroxyl groups is 1. The monoisotopic (exact) mass is 542 g/mol. The summed E-state index contributed by atoms with van der Waals surface area (Å²) >= 11 is 0. The Morgan fingerprint density at radius 2 is 1.75 bits per heavy atom. The number of aromatic nitrogens is 1. The van der Waals surface area contributed by atoms with Gasteiger partial charge in [-0.3, -0.25) is 9.59 Å². The van der Waals surface area contributed by atoms with Gasteiger partial charge in [-0.05, 0) is 94.0 Å². The summed E-state index contributed by atoms with van der Waals surface area (Å²) in [4.78, 5) is 26.8. The number of hydrogen-bond donors (Lipinski definition) is 2. The van der Waals surface area contributed by atoms with Crippen molar-refractivity contribution in [2.75, 3.05) is 6.61 Å². The van der Waals surface area contributed by atoms with Gasteiger partial charge in [-0.2, -0.15) is 0 Å². The molecule has 2 heterocycles. The minimum Gasteiger partial charge on any atom is -0.491 e. The van der Waals surface area contributed by atoms with E-state index < -0.39 is 5.54 Å². The zero-order chi connectivity index (χ0) is 27.9. The summed E-state index contributed by atoms with van der Waals surface area (Å²) in [7, 11) is 0. The third kappa shape index (κ3) is 5.18. The molecule has 0 atom stereocenters. The molecule has 0 saturated heterocycles. The van der Waals surface area contributed by atoms with Crippen LogP contribution in [-0.2, 0) is 11.3 Å². The van der Waals surface area contributed by atoms with Crippen LogP contribution in [-0.4, -0.2) is 39.6 Å². The van der Waals surface area contributed by atoms with Gasteiger partial charge in [-0.25, -0.2) is 0 Å². The maximum Gasteiger partial charge on any atom is 0.252 e. The van der Waals surface area contributed by atoms with Crippen LogP contribution in [0.5, 0.6) is 5.75 Å². The van der Waals surface area contributed by atoms with E-state index in [1.807, 2.05) is 32.0 Å². The van der Waals surface area contributed by atoms with Gasteiger partial charge in [0.05, 0.1) is 23.9 Å². The summed E-state index contributed by atoms with van der Waals surface area (Å²) in [6, 6.07) is 14.4. The topological polar surface area (TPSA) is 80.6 Å². The van der Waals surface area contributed by atoms with Crippen LogP contribution in [0.25, 0.3) is 22.2 Å². The second-order valence-corrected chi connectivity index (χ2v) is 12.7. The molecule has 212 valence electrons. The summed E-state index contributed by atoms with van der Waals surface area (Å²) in [6.45, 7) is 4.91. The molecule has 2 aliphatic carbocycles. The predicted molar refractivity (Wildman–Crippen MR) is 158 cm³/mol. The molecular weight excluding hydrogens is 500 g/mol. The first-order valence-electron chi connectivity index (χ1n) is 15.2. The first-order chi connectivity index (χ1) is 19.3. The average Bonchev–Trinajstić information content (AvgIpc) is 3.15. The molecule has 0 spiro atoms. The van der Waals surface area contributed by atoms with Crippen molar-refractivity contribution >= 4 is 22.6 Å². The van der Waals surface area contributed by atoms with Crippen molar-refractivity contribution in [1.29, 1.82) is 0 Å². The minimum atomic E-state index is -0.960. The van der Waals surface area contributed by atoms with E-state index in [1.54, 1.807) is 0 Å². The molecule has 0 radical (unpaired) electrons. The summed E-state index contributed by atoms with van der Waals surface area (Å²) in [5.41, 5.74) is 4.44. The summed E-state index contributed by atoms with van der Waals surface area (Å²) in [6.07, 6.45) is 9.61. The molecule has 6 nitrogen and oxygen atoms in total. The molecule has 2 fully saturated rings. The van der Waals surface area contributed by atoms with Crippen molar-refractivity contribution in [2.24, 2.45) is 5.92 Å². The maximum atomic E-state index is 13.6. The second kappa shape index (κ2) is 11.0. The Morgan fingerprint density at radius 3 is 2.52 bits per heavy atom. The number of para-hydroxylation sites is 1. The number of carbonyl (C=O) groups excluding carboxylic acids is 2. The zero-order valence-corrected chi connectivity index (χ0v) is 23.9. The Morgan fingerprint density at radius 1 is 1.00 bits per heavy atom. The maximum absolute atomic E-state index is 13.6. The standard InChI is InChI=1S/C34H42N2O4/c1-34(2,30(38)20-22-12-15-25(37)16-13-22)35-33(39)24-14-17-26-28(21-24)36-18-19-40-29-11-7-6-10-27(29)32(36)31(26)23-8-4-3-5-9-23/h6-7,10-11,14,17,21-23,25,37H,3-5,8-9,12-13,15-16,18-20H2,1-2H3,(H,35,39). The highest BCUT2D eigenvalue weighted by Crippen LogP contribution is 2.47. The van der Waals surface area contributed by atoms with E-state index in [9.17, 15) is 14.7 Å². The molecule has 0 bridgehead atoms. The average molecular weight is 543 g/mol. The van der Waals surface area contributed by atoms with E-state index in [2.05, 4.69) is 34.1 Å². The first kappa shape index (κ1) is 27.1. The van der Waals surface area contributed by atoms with Crippen LogP contribution < -0.4 is 10.1 Å². The lowest BCUT2D eigenvalue weighted by Gasteiger charge is -2.30. The van der Waals surface area contributed by atoms with Gasteiger partial charge in [0, 0.05) is 28.5 Å². The molecule has 6 heteroatoms. The molecule has 2 aromatic carbocycles. The lowest BCUT2D eigenvalue weighted by atomic mass is 9.81. The molecule has 2 N–H and O–H groups in total. The van der Waals surface area contributed by atoms with Crippen molar-refractivity contribution in [2.45, 2.75) is 102 Å². The largest absolute Gasteiger partial charge is 0.491 e. The van der Waals surface area contributed by atoms with Crippen LogP contribution in [0.1, 0.15) is 99.9 Å². The Bertz CT molecular complexity index is 1410. The van der Waals surface area contributed by atoms with E-state index in [1.165, 1.54) is 48.7 Å². The normalized spacial score (nSPS) is 21.7. The number of rotatable bonds is 6. The minimum absolute atomic E-state index is 0.0493. The summed E-state index contributed by atoms with van der Waals surface area (Å²) in [5.74, 6) is 1.53. The highest BCUT2D eigenvalue weighted by Gasteiger charge is 2.33. The molecular formula is C34H42N2O4. The van der Waals surface area contributed by atoms with Crippen LogP contribution in [0.4, 0.5) is 0 Å². The lowest BCUT2D eigenvalue weighted by Crippen LogP contribution is -2.50. The third-order valence-corrected chi connectivity index (χ3v) is 9.51. The second-order valence-electron chi connectivity index (χ2n) is 12.7. The number of ketones is 1. The Hall–Kier alpha value is -3.12. The molecule has 2 saturated carbocycles. The number of hydrogen-bond acceptors (Lipinski definition) is 4. The number of nitrogens with one attached hydrogen (secondary N) is 1. The van der Waals surface area contributed by atoms with Crippen LogP contribution in [0.3, 0.4) is 0 Å². The highest BCUT2D eigenvalue weighted by atomic mass is 16.5. The molecule has 1 amide bonds. The van der Waals surface area contributed by atoms with Crippen molar-refractivity contribution in [3.05, 3.63) is 53.6 Å². The fraction of sp³-hybridized carbons (Fsp3) is 0.529. The summed E-state index contributed by atoms with van der Waals surface area (Å²) < 4.78 is 8.52. The van der Waals surface area contributed by atoms with Gasteiger partial charge in [0.15, 0.2) is 5.78 Å². The molecule has 40 heavy (non-hydrogen) atoms. The zero-order valence-electron chi connectivity index (χ0n) is 23.9. The fourth-order valence-corrected chi connectivity index (χ4v) is 7.17. The van der Waals surface area contributed by atoms with Crippen molar-refractivity contribution < 1.29 is 19.4 Å². The number of carbonyl (C=O) groups is 2. The lowest BCUT2D eigenvalue weighted by molar-refractivity contribution is -0.125. The Kier molecular flexibility index (Phi) is 7.47. The first-order valence-corrected chi connectivity index (χ1v) is 15.2. The van der Waals surface area contributed by atoms with Crippen molar-refractivity contribution in [3.8, 4) is 17.0 Å². The van der Waals surface area contributed by atoms with E-state index in [0.29, 0.717) is 24.5 Å². The smallest absolute Gasteiger partial charge is 0.252 e. The molecule has 1 aliphatic heterocycles. The number of fused-ring (bicyclic) bond motifs is 5. The van der Waals surface area contributed by atoms with Gasteiger partial charge >= 0.3 is 0 Å². The number of amides is 1. The summed E-state index contributed by atoms with van der Waals surface area (Å²) in [5, 5.41) is 14.1. The Balaban J connectivity index is 1.32. The van der Waals surface area contributed by atoms with Gasteiger partial charge in [-0.1, -0.05) is 37.5 Å². The number of benzene rings is 2. The van der Waals surface area contributed by atoms with E-state index in [-0.39, 0.29) is 23.7 Å². The molecule has 3 aliphatic rings. The number of ether oxygens (including phenoxy) is 1. The molecule has 0 unspecified atom stereocenters. The third-order valence-electron chi connectivity index (χ3n) is 9.51. The number of Topliss-reactive ketones (excluding diaryl/α,β-unsaturated/α-hetero) is 1. The number of aliphatic hydroxyl groups excluding tert-OH is 1. The predicted octanol–water partition coefficient (Wildman–Crippen LogP) is 6.77. The van der Waals surface area contributed by atoms with E-state index in [0.717, 1.165) is 49.1 Å². The molecule has 3 aromatic rings. The van der Waals surface area contributed by atoms with Crippen molar-refractivity contribution in [3.63, 3.8) is 0 Å². The van der Waals surface area contributed by atoms with Crippen LogP contribution >= 0.6 is 0 Å². The molecule has 1 aromatic heterocycles. The van der Waals surface area contributed by atoms with E-state index in [4.69, 9.17) is 4.74 Å². The highest BCUT2D eigenvalue weighted by molar-refractivity contribution is 6.03. The van der Waals surface area contributed by atoms with Crippen LogP contribution in [0.2, 0.25) is 0 Å². The molecule has 6 rings (SSSR count). The van der Waals surface area contributed by atoms with Gasteiger partial charge in [0.25, 0.3) is 5.91 Å². The SMILES string of the molecule is CC(C)(NC(=O)c1ccc2c(C3CCCCC3)c3n(c2c1)CCOc1ccccc1-3)C(=O)CC1CCC(O)CC1. The van der Waals surface area contributed by atoms with E-state index >= 15 is 0 Å². The van der Waals surface area contributed by atoms with Gasteiger partial charge in [-0.15, -0.1) is 0 Å². The van der Waals surface area contributed by atoms with Crippen molar-refractivity contribution in [1.82, 2.24) is 9.88 Å². The number of nitrogens with zero attached hydrogens (tertiary/aromatic N) is 1. The van der Waals surface area contributed by atoms with Gasteiger partial charge < -0.3 is 19.7 Å².